The Kier molecular flexibility index (Phi) is 4.84. The van der Waals surface area contributed by atoms with Crippen molar-refractivity contribution in [3.63, 3.8) is 0 Å². The van der Waals surface area contributed by atoms with Gasteiger partial charge in [-0.15, -0.1) is 11.8 Å². The maximum atomic E-state index is 12.0. The lowest BCUT2D eigenvalue weighted by Gasteiger charge is -2.06. The van der Waals surface area contributed by atoms with Crippen molar-refractivity contribution in [2.75, 3.05) is 11.1 Å². The molecule has 2 aromatic rings. The highest BCUT2D eigenvalue weighted by Gasteiger charge is 2.12. The van der Waals surface area contributed by atoms with Crippen molar-refractivity contribution >= 4 is 23.5 Å². The average Bonchev–Trinajstić information content (AvgIpc) is 2.78. The van der Waals surface area contributed by atoms with E-state index in [0.717, 1.165) is 22.6 Å². The van der Waals surface area contributed by atoms with Crippen molar-refractivity contribution in [2.24, 2.45) is 0 Å². The number of rotatable bonds is 5. The molecule has 4 nitrogen and oxygen atoms in total. The van der Waals surface area contributed by atoms with E-state index in [1.165, 1.54) is 5.56 Å². The van der Waals surface area contributed by atoms with E-state index >= 15 is 0 Å². The molecule has 0 unspecified atom stereocenters. The number of aromatic nitrogens is 2. The van der Waals surface area contributed by atoms with Gasteiger partial charge in [0.15, 0.2) is 5.82 Å². The molecule has 20 heavy (non-hydrogen) atoms. The zero-order chi connectivity index (χ0) is 14.5. The lowest BCUT2D eigenvalue weighted by Crippen LogP contribution is -2.15. The third kappa shape index (κ3) is 3.42. The lowest BCUT2D eigenvalue weighted by molar-refractivity contribution is -0.113. The van der Waals surface area contributed by atoms with Crippen LogP contribution in [0.4, 0.5) is 5.82 Å². The number of benzene rings is 1. The number of amides is 1. The van der Waals surface area contributed by atoms with E-state index in [9.17, 15) is 4.79 Å². The Balaban J connectivity index is 1.94. The number of carbonyl (C=O) groups is 1. The molecule has 0 saturated heterocycles. The molecule has 1 amide bonds. The highest BCUT2D eigenvalue weighted by molar-refractivity contribution is 8.00. The van der Waals surface area contributed by atoms with Crippen molar-refractivity contribution in [2.45, 2.75) is 32.1 Å². The van der Waals surface area contributed by atoms with Gasteiger partial charge in [0.05, 0.1) is 5.75 Å². The Labute approximate surface area is 123 Å². The first kappa shape index (κ1) is 14.7. The fourth-order valence-corrected chi connectivity index (χ4v) is 2.85. The third-order valence-electron chi connectivity index (χ3n) is 3.14. The molecule has 0 bridgehead atoms. The normalized spacial score (nSPS) is 10.6. The van der Waals surface area contributed by atoms with Crippen molar-refractivity contribution in [3.8, 4) is 0 Å². The van der Waals surface area contributed by atoms with Crippen LogP contribution in [-0.4, -0.2) is 21.9 Å². The van der Waals surface area contributed by atoms with E-state index in [0.29, 0.717) is 11.6 Å². The first-order chi connectivity index (χ1) is 9.61. The second-order valence-electron chi connectivity index (χ2n) is 4.63. The Bertz CT molecular complexity index is 607. The smallest absolute Gasteiger partial charge is 0.235 e. The van der Waals surface area contributed by atoms with E-state index in [-0.39, 0.29) is 5.91 Å². The summed E-state index contributed by atoms with van der Waals surface area (Å²) in [7, 11) is 0. The maximum Gasteiger partial charge on any atom is 0.235 e. The number of anilines is 1. The minimum absolute atomic E-state index is 0.0283. The number of aromatic amines is 1. The molecule has 1 aromatic heterocycles. The summed E-state index contributed by atoms with van der Waals surface area (Å²) in [6.45, 7) is 6.06. The van der Waals surface area contributed by atoms with Gasteiger partial charge in [-0.3, -0.25) is 9.89 Å². The van der Waals surface area contributed by atoms with Crippen LogP contribution in [0.3, 0.4) is 0 Å². The quantitative estimate of drug-likeness (QED) is 0.830. The number of aryl methyl sites for hydroxylation is 2. The van der Waals surface area contributed by atoms with Crippen molar-refractivity contribution in [3.05, 3.63) is 41.1 Å². The van der Waals surface area contributed by atoms with Gasteiger partial charge in [0, 0.05) is 16.2 Å². The molecule has 0 spiro atoms. The minimum atomic E-state index is -0.0283. The number of hydrogen-bond acceptors (Lipinski definition) is 3. The van der Waals surface area contributed by atoms with Gasteiger partial charge >= 0.3 is 0 Å². The second kappa shape index (κ2) is 6.61. The largest absolute Gasteiger partial charge is 0.308 e. The molecule has 1 aromatic carbocycles. The molecule has 2 rings (SSSR count). The molecular weight excluding hydrogens is 270 g/mol. The van der Waals surface area contributed by atoms with Crippen LogP contribution in [-0.2, 0) is 11.2 Å². The molecule has 0 fully saturated rings. The van der Waals surface area contributed by atoms with E-state index < -0.39 is 0 Å². The number of carbonyl (C=O) groups excluding carboxylic acids is 1. The summed E-state index contributed by atoms with van der Waals surface area (Å²) < 4.78 is 0. The van der Waals surface area contributed by atoms with E-state index in [1.54, 1.807) is 11.8 Å². The van der Waals surface area contributed by atoms with Crippen LogP contribution in [0.15, 0.2) is 29.2 Å². The Morgan fingerprint density at radius 3 is 2.80 bits per heavy atom. The van der Waals surface area contributed by atoms with Crippen LogP contribution >= 0.6 is 11.8 Å². The molecule has 2 N–H and O–H groups in total. The van der Waals surface area contributed by atoms with Crippen LogP contribution < -0.4 is 5.32 Å². The predicted molar refractivity (Wildman–Crippen MR) is 83.2 cm³/mol. The summed E-state index contributed by atoms with van der Waals surface area (Å²) in [5.41, 5.74) is 3.27. The molecule has 1 heterocycles. The zero-order valence-corrected chi connectivity index (χ0v) is 12.8. The summed E-state index contributed by atoms with van der Waals surface area (Å²) in [4.78, 5) is 13.1. The minimum Gasteiger partial charge on any atom is -0.308 e. The van der Waals surface area contributed by atoms with Crippen LogP contribution in [0.25, 0.3) is 0 Å². The monoisotopic (exact) mass is 289 g/mol. The second-order valence-corrected chi connectivity index (χ2v) is 5.65. The molecule has 0 aliphatic carbocycles. The van der Waals surface area contributed by atoms with Gasteiger partial charge in [0.25, 0.3) is 0 Å². The molecule has 0 radical (unpaired) electrons. The van der Waals surface area contributed by atoms with Crippen molar-refractivity contribution in [1.29, 1.82) is 0 Å². The Morgan fingerprint density at radius 1 is 1.35 bits per heavy atom. The molecular formula is C15H19N3OS. The molecule has 0 aliphatic heterocycles. The Hall–Kier alpha value is -1.75. The van der Waals surface area contributed by atoms with Crippen molar-refractivity contribution in [1.82, 2.24) is 10.2 Å². The maximum absolute atomic E-state index is 12.0. The average molecular weight is 289 g/mol. The first-order valence-electron chi connectivity index (χ1n) is 6.64. The van der Waals surface area contributed by atoms with Crippen LogP contribution in [0.5, 0.6) is 0 Å². The predicted octanol–water partition coefficient (Wildman–Crippen LogP) is 3.32. The number of thioether (sulfide) groups is 1. The van der Waals surface area contributed by atoms with Crippen LogP contribution in [0.2, 0.25) is 0 Å². The molecule has 5 heteroatoms. The first-order valence-corrected chi connectivity index (χ1v) is 7.62. The number of H-pyrrole nitrogens is 1. The summed E-state index contributed by atoms with van der Waals surface area (Å²) in [5, 5.41) is 9.91. The number of nitrogens with one attached hydrogen (secondary N) is 2. The summed E-state index contributed by atoms with van der Waals surface area (Å²) in [6.07, 6.45) is 0.850. The topological polar surface area (TPSA) is 57.8 Å². The summed E-state index contributed by atoms with van der Waals surface area (Å²) >= 11 is 1.54. The van der Waals surface area contributed by atoms with Gasteiger partial charge in [0.1, 0.15) is 0 Å². The van der Waals surface area contributed by atoms with Gasteiger partial charge in [0.2, 0.25) is 5.91 Å². The molecule has 0 atom stereocenters. The SMILES string of the molecule is CCc1c(NC(=O)CSc2ccccc2C)n[nH]c1C. The van der Waals surface area contributed by atoms with E-state index in [1.807, 2.05) is 38.1 Å². The van der Waals surface area contributed by atoms with E-state index in [4.69, 9.17) is 0 Å². The highest BCUT2D eigenvalue weighted by Crippen LogP contribution is 2.22. The number of hydrogen-bond donors (Lipinski definition) is 2. The fraction of sp³-hybridized carbons (Fsp3) is 0.333. The number of nitrogens with zero attached hydrogens (tertiary/aromatic N) is 1. The third-order valence-corrected chi connectivity index (χ3v) is 4.31. The van der Waals surface area contributed by atoms with Crippen LogP contribution in [0, 0.1) is 13.8 Å². The van der Waals surface area contributed by atoms with Crippen molar-refractivity contribution < 1.29 is 4.79 Å². The van der Waals surface area contributed by atoms with Gasteiger partial charge in [-0.2, -0.15) is 5.10 Å². The lowest BCUT2D eigenvalue weighted by atomic mass is 10.2. The molecule has 0 aliphatic rings. The molecule has 0 saturated carbocycles. The highest BCUT2D eigenvalue weighted by atomic mass is 32.2. The summed E-state index contributed by atoms with van der Waals surface area (Å²) in [6, 6.07) is 8.06. The summed E-state index contributed by atoms with van der Waals surface area (Å²) in [5.74, 6) is 1.01. The Morgan fingerprint density at radius 2 is 2.10 bits per heavy atom. The van der Waals surface area contributed by atoms with Gasteiger partial charge < -0.3 is 5.32 Å². The fourth-order valence-electron chi connectivity index (χ4n) is 2.02. The van der Waals surface area contributed by atoms with Gasteiger partial charge in [-0.05, 0) is 31.9 Å². The zero-order valence-electron chi connectivity index (χ0n) is 12.0. The van der Waals surface area contributed by atoms with Crippen LogP contribution in [0.1, 0.15) is 23.7 Å². The molecule has 106 valence electrons. The van der Waals surface area contributed by atoms with Gasteiger partial charge in [-0.25, -0.2) is 0 Å². The van der Waals surface area contributed by atoms with Gasteiger partial charge in [-0.1, -0.05) is 25.1 Å². The standard InChI is InChI=1S/C15H19N3OS/c1-4-12-11(3)17-18-15(12)16-14(19)9-20-13-8-6-5-7-10(13)2/h5-8H,4,9H2,1-3H3,(H2,16,17,18,19). The van der Waals surface area contributed by atoms with E-state index in [2.05, 4.69) is 22.4 Å².